The molecule has 2 aromatic heterocycles. The zero-order valence-corrected chi connectivity index (χ0v) is 16.8. The Morgan fingerprint density at radius 2 is 1.83 bits per heavy atom. The van der Waals surface area contributed by atoms with E-state index in [0.29, 0.717) is 24.6 Å². The summed E-state index contributed by atoms with van der Waals surface area (Å²) in [4.78, 5) is 11.6. The Kier molecular flexibility index (Phi) is 4.27. The summed E-state index contributed by atoms with van der Waals surface area (Å²) in [6, 6.07) is 3.90. The Morgan fingerprint density at radius 3 is 2.41 bits per heavy atom. The summed E-state index contributed by atoms with van der Waals surface area (Å²) in [6.45, 7) is 7.34. The van der Waals surface area contributed by atoms with Gasteiger partial charge < -0.3 is 15.0 Å². The number of nitrogens with zero attached hydrogens (tertiary/aromatic N) is 5. The van der Waals surface area contributed by atoms with Gasteiger partial charge in [-0.1, -0.05) is 0 Å². The molecule has 3 fully saturated rings. The molecule has 2 aliphatic heterocycles. The van der Waals surface area contributed by atoms with Crippen molar-refractivity contribution >= 4 is 11.6 Å². The highest BCUT2D eigenvalue weighted by Gasteiger charge is 2.49. The number of anilines is 2. The largest absolute Gasteiger partial charge is 0.380 e. The molecule has 1 saturated carbocycles. The van der Waals surface area contributed by atoms with Crippen molar-refractivity contribution in [3.63, 3.8) is 0 Å². The van der Waals surface area contributed by atoms with Crippen molar-refractivity contribution in [3.8, 4) is 5.95 Å². The molecule has 0 radical (unpaired) electrons. The van der Waals surface area contributed by atoms with Gasteiger partial charge >= 0.3 is 0 Å². The number of nitrogens with one attached hydrogen (secondary N) is 1. The lowest BCUT2D eigenvalue weighted by Gasteiger charge is -2.55. The van der Waals surface area contributed by atoms with Gasteiger partial charge in [-0.3, -0.25) is 0 Å². The predicted molar refractivity (Wildman–Crippen MR) is 105 cm³/mol. The molecule has 0 aromatic carbocycles. The Balaban J connectivity index is 1.41. The monoisotopic (exact) mass is 404 g/mol. The molecule has 1 spiro atoms. The third-order valence-corrected chi connectivity index (χ3v) is 6.16. The molecule has 4 heterocycles. The van der Waals surface area contributed by atoms with Crippen LogP contribution in [0.15, 0.2) is 12.1 Å². The Labute approximate surface area is 168 Å². The fourth-order valence-corrected chi connectivity index (χ4v) is 4.48. The molecule has 0 atom stereocenters. The van der Waals surface area contributed by atoms with E-state index in [-0.39, 0.29) is 24.3 Å². The first-order valence-electron chi connectivity index (χ1n) is 10.2. The number of ether oxygens (including phenoxy) is 1. The maximum absolute atomic E-state index is 13.5. The number of aromatic nitrogens is 4. The van der Waals surface area contributed by atoms with Crippen LogP contribution in [0.4, 0.5) is 20.4 Å². The second-order valence-electron chi connectivity index (χ2n) is 8.87. The van der Waals surface area contributed by atoms with Gasteiger partial charge in [0.2, 0.25) is 5.92 Å². The van der Waals surface area contributed by atoms with Crippen LogP contribution in [-0.2, 0) is 4.74 Å². The normalized spacial score (nSPS) is 23.0. The van der Waals surface area contributed by atoms with Crippen molar-refractivity contribution in [1.82, 2.24) is 19.7 Å². The maximum atomic E-state index is 13.5. The van der Waals surface area contributed by atoms with Crippen molar-refractivity contribution in [1.29, 1.82) is 0 Å². The number of halogens is 2. The second kappa shape index (κ2) is 6.62. The molecule has 3 aliphatic rings. The average molecular weight is 404 g/mol. The van der Waals surface area contributed by atoms with Gasteiger partial charge in [0.1, 0.15) is 11.6 Å². The molecule has 156 valence electrons. The van der Waals surface area contributed by atoms with Gasteiger partial charge in [-0.15, -0.1) is 0 Å². The van der Waals surface area contributed by atoms with Crippen LogP contribution in [0.5, 0.6) is 0 Å². The van der Waals surface area contributed by atoms with Gasteiger partial charge in [-0.05, 0) is 32.8 Å². The van der Waals surface area contributed by atoms with Crippen molar-refractivity contribution in [2.75, 3.05) is 36.5 Å². The van der Waals surface area contributed by atoms with Gasteiger partial charge in [-0.25, -0.2) is 13.5 Å². The molecule has 9 heteroatoms. The molecule has 1 N–H and O–H groups in total. The molecule has 0 unspecified atom stereocenters. The van der Waals surface area contributed by atoms with Gasteiger partial charge in [0.05, 0.1) is 24.3 Å². The number of hydrogen-bond acceptors (Lipinski definition) is 6. The van der Waals surface area contributed by atoms with Crippen LogP contribution in [0.25, 0.3) is 5.95 Å². The average Bonchev–Trinajstić information content (AvgIpc) is 2.93. The van der Waals surface area contributed by atoms with Crippen LogP contribution in [0.3, 0.4) is 0 Å². The first-order chi connectivity index (χ1) is 13.8. The Bertz CT molecular complexity index is 908. The van der Waals surface area contributed by atoms with Crippen molar-refractivity contribution in [2.45, 2.75) is 51.5 Å². The summed E-state index contributed by atoms with van der Waals surface area (Å²) in [5, 5.41) is 7.88. The molecule has 29 heavy (non-hydrogen) atoms. The van der Waals surface area contributed by atoms with E-state index in [2.05, 4.69) is 20.3 Å². The fraction of sp³-hybridized carbons (Fsp3) is 0.650. The molecule has 5 rings (SSSR count). The van der Waals surface area contributed by atoms with Gasteiger partial charge in [-0.2, -0.15) is 15.1 Å². The fourth-order valence-electron chi connectivity index (χ4n) is 4.48. The Hall–Kier alpha value is -2.29. The zero-order chi connectivity index (χ0) is 20.2. The minimum Gasteiger partial charge on any atom is -0.380 e. The Morgan fingerprint density at radius 1 is 1.10 bits per heavy atom. The smallest absolute Gasteiger partial charge is 0.254 e. The summed E-state index contributed by atoms with van der Waals surface area (Å²) >= 11 is 0. The first-order valence-corrected chi connectivity index (χ1v) is 10.2. The second-order valence-corrected chi connectivity index (χ2v) is 8.87. The highest BCUT2D eigenvalue weighted by molar-refractivity contribution is 5.54. The highest BCUT2D eigenvalue weighted by atomic mass is 19.3. The van der Waals surface area contributed by atoms with E-state index >= 15 is 0 Å². The van der Waals surface area contributed by atoms with E-state index in [4.69, 9.17) is 9.72 Å². The van der Waals surface area contributed by atoms with E-state index in [1.165, 1.54) is 0 Å². The van der Waals surface area contributed by atoms with Crippen molar-refractivity contribution < 1.29 is 13.5 Å². The third-order valence-electron chi connectivity index (χ3n) is 6.16. The van der Waals surface area contributed by atoms with Crippen LogP contribution in [0, 0.1) is 19.3 Å². The lowest BCUT2D eigenvalue weighted by atomic mass is 9.78. The van der Waals surface area contributed by atoms with E-state index in [9.17, 15) is 8.78 Å². The molecule has 2 aromatic rings. The molecular formula is C20H26F2N6O. The summed E-state index contributed by atoms with van der Waals surface area (Å²) in [5.41, 5.74) is 2.12. The number of hydrogen-bond donors (Lipinski definition) is 1. The van der Waals surface area contributed by atoms with Gasteiger partial charge in [0.15, 0.2) is 0 Å². The number of aryl methyl sites for hydroxylation is 2. The van der Waals surface area contributed by atoms with Gasteiger partial charge in [0, 0.05) is 43.7 Å². The van der Waals surface area contributed by atoms with E-state index in [1.807, 2.05) is 26.0 Å². The lowest BCUT2D eigenvalue weighted by Crippen LogP contribution is -2.66. The van der Waals surface area contributed by atoms with Crippen LogP contribution < -0.4 is 10.2 Å². The summed E-state index contributed by atoms with van der Waals surface area (Å²) in [6.07, 6.45) is 0.709. The number of rotatable bonds is 4. The van der Waals surface area contributed by atoms with Crippen LogP contribution in [0.1, 0.15) is 37.1 Å². The van der Waals surface area contributed by atoms with E-state index < -0.39 is 5.92 Å². The first kappa shape index (κ1) is 18.7. The molecule has 0 bridgehead atoms. The maximum Gasteiger partial charge on any atom is 0.254 e. The summed E-state index contributed by atoms with van der Waals surface area (Å²) < 4.78 is 34.1. The van der Waals surface area contributed by atoms with E-state index in [0.717, 1.165) is 43.5 Å². The van der Waals surface area contributed by atoms with Crippen molar-refractivity contribution in [3.05, 3.63) is 23.5 Å². The molecule has 1 aliphatic carbocycles. The zero-order valence-electron chi connectivity index (χ0n) is 16.8. The quantitative estimate of drug-likeness (QED) is 0.845. The summed E-state index contributed by atoms with van der Waals surface area (Å²) in [7, 11) is 0. The molecule has 0 amide bonds. The van der Waals surface area contributed by atoms with Crippen LogP contribution in [-0.4, -0.2) is 58.0 Å². The molecular weight excluding hydrogens is 378 g/mol. The standard InChI is InChI=1S/C20H26F2N6O/c1-13-7-14(2)28(26-13)18-24-16(23-15-3-5-20(21,22)6-4-15)8-17(25-18)27-9-19(10-27)11-29-12-19/h7-8,15H,3-6,9-12H2,1-2H3,(H,23,24,25). The number of alkyl halides is 2. The van der Waals surface area contributed by atoms with Crippen molar-refractivity contribution in [2.24, 2.45) is 5.41 Å². The molecule has 7 nitrogen and oxygen atoms in total. The highest BCUT2D eigenvalue weighted by Crippen LogP contribution is 2.40. The van der Waals surface area contributed by atoms with Gasteiger partial charge in [0.25, 0.3) is 5.95 Å². The lowest BCUT2D eigenvalue weighted by molar-refractivity contribution is -0.127. The van der Waals surface area contributed by atoms with Crippen LogP contribution >= 0.6 is 0 Å². The third kappa shape index (κ3) is 3.56. The topological polar surface area (TPSA) is 68.1 Å². The minimum absolute atomic E-state index is 0.00607. The minimum atomic E-state index is -2.54. The summed E-state index contributed by atoms with van der Waals surface area (Å²) in [5.74, 6) is -0.537. The SMILES string of the molecule is Cc1cc(C)n(-c2nc(NC3CCC(F)(F)CC3)cc(N3CC4(COC4)C3)n2)n1. The predicted octanol–water partition coefficient (Wildman–Crippen LogP) is 3.11. The molecule has 2 saturated heterocycles. The van der Waals surface area contributed by atoms with Crippen LogP contribution in [0.2, 0.25) is 0 Å². The van der Waals surface area contributed by atoms with E-state index in [1.54, 1.807) is 4.68 Å².